The number of carbonyl (C=O) groups is 1. The maximum atomic E-state index is 11.3. The minimum Gasteiger partial charge on any atom is -0.481 e. The van der Waals surface area contributed by atoms with Crippen LogP contribution in [-0.4, -0.2) is 33.0 Å². The van der Waals surface area contributed by atoms with Crippen molar-refractivity contribution in [3.8, 4) is 0 Å². The van der Waals surface area contributed by atoms with Crippen LogP contribution in [-0.2, 0) is 4.79 Å². The second-order valence-electron chi connectivity index (χ2n) is 8.94. The number of aliphatic hydroxyl groups is 2. The molecule has 4 nitrogen and oxygen atoms in total. The molecule has 4 heteroatoms. The van der Waals surface area contributed by atoms with Gasteiger partial charge in [0.1, 0.15) is 0 Å². The van der Waals surface area contributed by atoms with Crippen molar-refractivity contribution in [1.82, 2.24) is 0 Å². The third-order valence-electron chi connectivity index (χ3n) is 6.63. The molecule has 0 amide bonds. The van der Waals surface area contributed by atoms with Crippen LogP contribution in [0.15, 0.2) is 11.6 Å². The summed E-state index contributed by atoms with van der Waals surface area (Å²) < 4.78 is 0. The van der Waals surface area contributed by atoms with E-state index in [0.717, 1.165) is 77.0 Å². The summed E-state index contributed by atoms with van der Waals surface area (Å²) in [6.07, 6.45) is 14.6. The van der Waals surface area contributed by atoms with Crippen molar-refractivity contribution in [2.75, 3.05) is 0 Å². The van der Waals surface area contributed by atoms with Crippen molar-refractivity contribution in [3.63, 3.8) is 0 Å². The predicted octanol–water partition coefficient (Wildman–Crippen LogP) is 5.86. The highest BCUT2D eigenvalue weighted by Crippen LogP contribution is 2.38. The molecular weight excluding hydrogens is 352 g/mol. The van der Waals surface area contributed by atoms with Crippen LogP contribution in [0, 0.1) is 11.8 Å². The SMILES string of the molecule is CCCCC(C)C(O)(CC=C1CC[C@H](O)[C@@H]1CCCCCCC(=O)O)CCC. The zero-order chi connectivity index (χ0) is 21.0. The summed E-state index contributed by atoms with van der Waals surface area (Å²) in [5.74, 6) is -0.205. The van der Waals surface area contributed by atoms with E-state index in [2.05, 4.69) is 26.8 Å². The molecule has 28 heavy (non-hydrogen) atoms. The summed E-state index contributed by atoms with van der Waals surface area (Å²) in [6.45, 7) is 6.51. The molecule has 0 spiro atoms. The first-order valence-corrected chi connectivity index (χ1v) is 11.6. The van der Waals surface area contributed by atoms with E-state index in [1.54, 1.807) is 0 Å². The number of aliphatic carboxylic acids is 1. The average molecular weight is 397 g/mol. The van der Waals surface area contributed by atoms with E-state index < -0.39 is 11.6 Å². The van der Waals surface area contributed by atoms with Gasteiger partial charge in [-0.1, -0.05) is 70.9 Å². The van der Waals surface area contributed by atoms with E-state index in [9.17, 15) is 15.0 Å². The van der Waals surface area contributed by atoms with Gasteiger partial charge in [0.25, 0.3) is 0 Å². The van der Waals surface area contributed by atoms with Crippen LogP contribution in [0.5, 0.6) is 0 Å². The molecule has 0 saturated heterocycles. The van der Waals surface area contributed by atoms with Gasteiger partial charge in [-0.25, -0.2) is 0 Å². The molecule has 0 aromatic rings. The Hall–Kier alpha value is -0.870. The lowest BCUT2D eigenvalue weighted by atomic mass is 9.78. The summed E-state index contributed by atoms with van der Waals surface area (Å²) in [5, 5.41) is 30.4. The van der Waals surface area contributed by atoms with Gasteiger partial charge in [-0.2, -0.15) is 0 Å². The first-order chi connectivity index (χ1) is 13.3. The summed E-state index contributed by atoms with van der Waals surface area (Å²) in [5.41, 5.74) is 0.696. The van der Waals surface area contributed by atoms with Crippen LogP contribution in [0.1, 0.15) is 111 Å². The Morgan fingerprint density at radius 2 is 1.89 bits per heavy atom. The van der Waals surface area contributed by atoms with Crippen LogP contribution in [0.3, 0.4) is 0 Å². The first kappa shape index (κ1) is 25.2. The lowest BCUT2D eigenvalue weighted by Crippen LogP contribution is -2.36. The predicted molar refractivity (Wildman–Crippen MR) is 115 cm³/mol. The van der Waals surface area contributed by atoms with Gasteiger partial charge >= 0.3 is 5.97 Å². The molecule has 2 unspecified atom stereocenters. The zero-order valence-electron chi connectivity index (χ0n) is 18.5. The van der Waals surface area contributed by atoms with Crippen LogP contribution in [0.2, 0.25) is 0 Å². The van der Waals surface area contributed by atoms with Crippen LogP contribution in [0.4, 0.5) is 0 Å². The van der Waals surface area contributed by atoms with Crippen molar-refractivity contribution < 1.29 is 20.1 Å². The highest BCUT2D eigenvalue weighted by Gasteiger charge is 2.34. The summed E-state index contributed by atoms with van der Waals surface area (Å²) in [6, 6.07) is 0. The minimum absolute atomic E-state index is 0.219. The van der Waals surface area contributed by atoms with Crippen molar-refractivity contribution >= 4 is 5.97 Å². The molecule has 1 rings (SSSR count). The van der Waals surface area contributed by atoms with Crippen LogP contribution < -0.4 is 0 Å². The Bertz CT molecular complexity index is 473. The molecule has 4 atom stereocenters. The molecule has 0 bridgehead atoms. The van der Waals surface area contributed by atoms with Gasteiger partial charge in [0, 0.05) is 12.3 Å². The lowest BCUT2D eigenvalue weighted by molar-refractivity contribution is -0.137. The number of aliphatic hydroxyl groups excluding tert-OH is 1. The fourth-order valence-electron chi connectivity index (χ4n) is 4.64. The first-order valence-electron chi connectivity index (χ1n) is 11.6. The normalized spacial score (nSPS) is 24.4. The van der Waals surface area contributed by atoms with E-state index in [0.29, 0.717) is 12.3 Å². The fraction of sp³-hybridized carbons (Fsp3) is 0.875. The standard InChI is InChI=1S/C24H44O4/c1-4-6-11-19(3)24(28,17-5-2)18-16-20-14-15-22(25)21(20)12-9-7-8-10-13-23(26)27/h16,19,21-22,25,28H,4-15,17-18H2,1-3H3,(H,26,27)/t19?,21-,22+,24?/m1/s1. The molecule has 164 valence electrons. The number of hydrogen-bond acceptors (Lipinski definition) is 3. The Morgan fingerprint density at radius 1 is 1.18 bits per heavy atom. The zero-order valence-corrected chi connectivity index (χ0v) is 18.5. The number of hydrogen-bond donors (Lipinski definition) is 3. The topological polar surface area (TPSA) is 77.8 Å². The van der Waals surface area contributed by atoms with E-state index in [1.807, 2.05) is 0 Å². The molecule has 3 N–H and O–H groups in total. The Labute approximate surface area is 172 Å². The molecule has 1 aliphatic rings. The summed E-state index contributed by atoms with van der Waals surface area (Å²) in [7, 11) is 0. The van der Waals surface area contributed by atoms with Crippen LogP contribution >= 0.6 is 0 Å². The second kappa shape index (κ2) is 13.4. The third-order valence-corrected chi connectivity index (χ3v) is 6.63. The molecular formula is C24H44O4. The van der Waals surface area contributed by atoms with Gasteiger partial charge in [0.05, 0.1) is 11.7 Å². The van der Waals surface area contributed by atoms with Crippen molar-refractivity contribution in [3.05, 3.63) is 11.6 Å². The van der Waals surface area contributed by atoms with Gasteiger partial charge in [-0.3, -0.25) is 4.79 Å². The average Bonchev–Trinajstić information content (AvgIpc) is 3.00. The molecule has 0 radical (unpaired) electrons. The molecule has 1 saturated carbocycles. The maximum absolute atomic E-state index is 11.3. The third kappa shape index (κ3) is 8.65. The number of carboxylic acid groups (broad SMARTS) is 1. The van der Waals surface area contributed by atoms with E-state index >= 15 is 0 Å². The highest BCUT2D eigenvalue weighted by atomic mass is 16.4. The molecule has 1 aliphatic carbocycles. The van der Waals surface area contributed by atoms with E-state index in [-0.39, 0.29) is 18.4 Å². The largest absolute Gasteiger partial charge is 0.481 e. The Morgan fingerprint density at radius 3 is 2.54 bits per heavy atom. The van der Waals surface area contributed by atoms with E-state index in [4.69, 9.17) is 5.11 Å². The number of rotatable bonds is 15. The number of carboxylic acids is 1. The Kier molecular flexibility index (Phi) is 12.0. The lowest BCUT2D eigenvalue weighted by Gasteiger charge is -2.34. The van der Waals surface area contributed by atoms with Crippen molar-refractivity contribution in [2.45, 2.75) is 122 Å². The minimum atomic E-state index is -0.718. The van der Waals surface area contributed by atoms with Gasteiger partial charge < -0.3 is 15.3 Å². The second-order valence-corrected chi connectivity index (χ2v) is 8.94. The summed E-state index contributed by atoms with van der Waals surface area (Å²) in [4.78, 5) is 10.6. The molecule has 1 fully saturated rings. The highest BCUT2D eigenvalue weighted by molar-refractivity contribution is 5.66. The van der Waals surface area contributed by atoms with Crippen molar-refractivity contribution in [1.29, 1.82) is 0 Å². The van der Waals surface area contributed by atoms with Gasteiger partial charge in [0.2, 0.25) is 0 Å². The van der Waals surface area contributed by atoms with Crippen LogP contribution in [0.25, 0.3) is 0 Å². The molecule has 0 aromatic carbocycles. The fourth-order valence-corrected chi connectivity index (χ4v) is 4.64. The molecule has 0 aliphatic heterocycles. The molecule has 0 aromatic heterocycles. The van der Waals surface area contributed by atoms with Gasteiger partial charge in [0.15, 0.2) is 0 Å². The smallest absolute Gasteiger partial charge is 0.303 e. The quantitative estimate of drug-likeness (QED) is 0.239. The molecule has 0 heterocycles. The monoisotopic (exact) mass is 396 g/mol. The summed E-state index contributed by atoms with van der Waals surface area (Å²) >= 11 is 0. The number of unbranched alkanes of at least 4 members (excludes halogenated alkanes) is 4. The van der Waals surface area contributed by atoms with Gasteiger partial charge in [-0.05, 0) is 50.9 Å². The Balaban J connectivity index is 2.58. The van der Waals surface area contributed by atoms with Crippen molar-refractivity contribution in [2.24, 2.45) is 11.8 Å². The van der Waals surface area contributed by atoms with Gasteiger partial charge in [-0.15, -0.1) is 0 Å². The van der Waals surface area contributed by atoms with E-state index in [1.165, 1.54) is 5.57 Å². The maximum Gasteiger partial charge on any atom is 0.303 e.